The van der Waals surface area contributed by atoms with Crippen LogP contribution in [-0.2, 0) is 0 Å². The summed E-state index contributed by atoms with van der Waals surface area (Å²) in [6.07, 6.45) is 1.56. The lowest BCUT2D eigenvalue weighted by atomic mass is 10.1. The first kappa shape index (κ1) is 12.8. The Morgan fingerprint density at radius 1 is 1.24 bits per heavy atom. The van der Waals surface area contributed by atoms with Crippen molar-refractivity contribution in [1.82, 2.24) is 5.43 Å². The molecule has 0 bridgehead atoms. The van der Waals surface area contributed by atoms with Gasteiger partial charge < -0.3 is 4.42 Å². The first-order valence-electron chi connectivity index (χ1n) is 4.77. The summed E-state index contributed by atoms with van der Waals surface area (Å²) < 4.78 is 19.7. The van der Waals surface area contributed by atoms with Gasteiger partial charge in [-0.1, -0.05) is 6.07 Å². The minimum atomic E-state index is -0.337. The molecule has 2 rings (SSSR count). The first-order valence-corrected chi connectivity index (χ1v) is 6.36. The highest BCUT2D eigenvalue weighted by Gasteiger charge is 2.19. The van der Waals surface area contributed by atoms with Gasteiger partial charge in [0.15, 0.2) is 0 Å². The van der Waals surface area contributed by atoms with Gasteiger partial charge in [-0.25, -0.2) is 9.82 Å². The number of nitrogens with one attached hydrogen (secondary N) is 1. The molecule has 1 heterocycles. The van der Waals surface area contributed by atoms with Crippen LogP contribution >= 0.6 is 31.9 Å². The van der Waals surface area contributed by atoms with E-state index in [1.807, 2.05) is 0 Å². The number of rotatable bonds is 3. The molecule has 0 saturated carbocycles. The second-order valence-corrected chi connectivity index (χ2v) is 5.11. The number of hydrogen-bond donors (Lipinski definition) is 2. The maximum Gasteiger partial charge on any atom is 0.140 e. The zero-order chi connectivity index (χ0) is 12.4. The number of furan rings is 1. The summed E-state index contributed by atoms with van der Waals surface area (Å²) in [5.74, 6) is 5.84. The van der Waals surface area contributed by atoms with Gasteiger partial charge in [-0.3, -0.25) is 5.84 Å². The van der Waals surface area contributed by atoms with Crippen molar-refractivity contribution in [3.63, 3.8) is 0 Å². The molecule has 17 heavy (non-hydrogen) atoms. The SMILES string of the molecule is NNC(c1ccc(F)c(Br)c1)c1occc1Br. The lowest BCUT2D eigenvalue weighted by molar-refractivity contribution is 0.449. The van der Waals surface area contributed by atoms with E-state index in [-0.39, 0.29) is 11.9 Å². The highest BCUT2D eigenvalue weighted by molar-refractivity contribution is 9.10. The van der Waals surface area contributed by atoms with Gasteiger partial charge in [0, 0.05) is 0 Å². The third-order valence-electron chi connectivity index (χ3n) is 2.35. The molecule has 1 aromatic heterocycles. The van der Waals surface area contributed by atoms with Crippen LogP contribution in [-0.4, -0.2) is 0 Å². The molecule has 0 fully saturated rings. The normalized spacial score (nSPS) is 12.7. The fourth-order valence-corrected chi connectivity index (χ4v) is 2.35. The van der Waals surface area contributed by atoms with Crippen LogP contribution in [0, 0.1) is 5.82 Å². The Bertz CT molecular complexity index is 530. The van der Waals surface area contributed by atoms with E-state index in [0.29, 0.717) is 10.2 Å². The molecule has 2 aromatic rings. The van der Waals surface area contributed by atoms with E-state index in [4.69, 9.17) is 10.3 Å². The van der Waals surface area contributed by atoms with Crippen LogP contribution in [0.4, 0.5) is 4.39 Å². The average Bonchev–Trinajstić information content (AvgIpc) is 2.71. The summed E-state index contributed by atoms with van der Waals surface area (Å²) in [4.78, 5) is 0. The number of benzene rings is 1. The minimum Gasteiger partial charge on any atom is -0.466 e. The number of nitrogens with two attached hydrogens (primary N) is 1. The van der Waals surface area contributed by atoms with Crippen LogP contribution in [0.3, 0.4) is 0 Å². The smallest absolute Gasteiger partial charge is 0.140 e. The third kappa shape index (κ3) is 2.60. The second kappa shape index (κ2) is 5.30. The van der Waals surface area contributed by atoms with Crippen molar-refractivity contribution in [2.75, 3.05) is 0 Å². The zero-order valence-electron chi connectivity index (χ0n) is 8.58. The van der Waals surface area contributed by atoms with Crippen molar-refractivity contribution >= 4 is 31.9 Å². The number of hydrazine groups is 1. The van der Waals surface area contributed by atoms with E-state index in [9.17, 15) is 4.39 Å². The van der Waals surface area contributed by atoms with E-state index in [1.165, 1.54) is 6.07 Å². The lowest BCUT2D eigenvalue weighted by Gasteiger charge is -2.15. The molecule has 1 aromatic carbocycles. The monoisotopic (exact) mass is 362 g/mol. The fourth-order valence-electron chi connectivity index (χ4n) is 1.53. The van der Waals surface area contributed by atoms with Gasteiger partial charge in [0.05, 0.1) is 15.2 Å². The Kier molecular flexibility index (Phi) is 3.98. The molecule has 1 atom stereocenters. The van der Waals surface area contributed by atoms with Crippen molar-refractivity contribution in [2.45, 2.75) is 6.04 Å². The topological polar surface area (TPSA) is 51.2 Å². The van der Waals surface area contributed by atoms with Crippen molar-refractivity contribution in [3.8, 4) is 0 Å². The van der Waals surface area contributed by atoms with E-state index in [2.05, 4.69) is 37.3 Å². The van der Waals surface area contributed by atoms with Crippen molar-refractivity contribution in [2.24, 2.45) is 5.84 Å². The molecule has 0 spiro atoms. The fraction of sp³-hybridized carbons (Fsp3) is 0.0909. The van der Waals surface area contributed by atoms with Crippen LogP contribution in [0.2, 0.25) is 0 Å². The third-order valence-corrected chi connectivity index (χ3v) is 3.61. The Morgan fingerprint density at radius 3 is 2.53 bits per heavy atom. The molecule has 0 saturated heterocycles. The number of halogens is 3. The van der Waals surface area contributed by atoms with Crippen LogP contribution < -0.4 is 11.3 Å². The van der Waals surface area contributed by atoms with Gasteiger partial charge in [0.25, 0.3) is 0 Å². The van der Waals surface area contributed by atoms with E-state index in [1.54, 1.807) is 24.5 Å². The van der Waals surface area contributed by atoms with Gasteiger partial charge in [-0.15, -0.1) is 0 Å². The molecule has 0 aliphatic rings. The molecule has 3 N–H and O–H groups in total. The largest absolute Gasteiger partial charge is 0.466 e. The van der Waals surface area contributed by atoms with E-state index < -0.39 is 0 Å². The summed E-state index contributed by atoms with van der Waals surface area (Å²) in [5, 5.41) is 0. The van der Waals surface area contributed by atoms with Gasteiger partial charge in [0.2, 0.25) is 0 Å². The Hall–Kier alpha value is -0.690. The number of hydrogen-bond acceptors (Lipinski definition) is 3. The molecule has 6 heteroatoms. The molecule has 0 amide bonds. The van der Waals surface area contributed by atoms with Gasteiger partial charge in [-0.2, -0.15) is 0 Å². The van der Waals surface area contributed by atoms with Gasteiger partial charge in [0.1, 0.15) is 17.6 Å². The van der Waals surface area contributed by atoms with Crippen molar-refractivity contribution < 1.29 is 8.81 Å². The maximum absolute atomic E-state index is 13.2. The van der Waals surface area contributed by atoms with Crippen LogP contribution in [0.15, 0.2) is 43.9 Å². The summed E-state index contributed by atoms with van der Waals surface area (Å²) in [7, 11) is 0. The molecular formula is C11H9Br2FN2O. The molecule has 1 unspecified atom stereocenters. The molecule has 90 valence electrons. The summed E-state index contributed by atoms with van der Waals surface area (Å²) in [6, 6.07) is 6.13. The lowest BCUT2D eigenvalue weighted by Crippen LogP contribution is -2.28. The first-order chi connectivity index (χ1) is 8.13. The summed E-state index contributed by atoms with van der Waals surface area (Å²) >= 11 is 6.50. The quantitative estimate of drug-likeness (QED) is 0.648. The zero-order valence-corrected chi connectivity index (χ0v) is 11.8. The minimum absolute atomic E-state index is 0.317. The standard InChI is InChI=1S/C11H9Br2FN2O/c12-7-3-4-17-11(7)10(16-15)6-1-2-9(14)8(13)5-6/h1-5,10,16H,15H2. The predicted molar refractivity (Wildman–Crippen MR) is 69.7 cm³/mol. The maximum atomic E-state index is 13.2. The van der Waals surface area contributed by atoms with Gasteiger partial charge in [-0.05, 0) is 55.6 Å². The summed E-state index contributed by atoms with van der Waals surface area (Å²) in [6.45, 7) is 0. The molecule has 0 aliphatic heterocycles. The van der Waals surface area contributed by atoms with E-state index >= 15 is 0 Å². The van der Waals surface area contributed by atoms with Crippen molar-refractivity contribution in [3.05, 3.63) is 56.6 Å². The Morgan fingerprint density at radius 2 is 2.00 bits per heavy atom. The second-order valence-electron chi connectivity index (χ2n) is 3.41. The Labute approximate surface area is 114 Å². The highest BCUT2D eigenvalue weighted by atomic mass is 79.9. The molecular weight excluding hydrogens is 355 g/mol. The summed E-state index contributed by atoms with van der Waals surface area (Å²) in [5.41, 5.74) is 3.44. The van der Waals surface area contributed by atoms with Gasteiger partial charge >= 0.3 is 0 Å². The predicted octanol–water partition coefficient (Wildman–Crippen LogP) is 3.50. The average molecular weight is 364 g/mol. The molecule has 0 aliphatic carbocycles. The highest BCUT2D eigenvalue weighted by Crippen LogP contribution is 2.30. The van der Waals surface area contributed by atoms with Crippen LogP contribution in [0.5, 0.6) is 0 Å². The van der Waals surface area contributed by atoms with Crippen molar-refractivity contribution in [1.29, 1.82) is 0 Å². The molecule has 0 radical (unpaired) electrons. The Balaban J connectivity index is 2.42. The van der Waals surface area contributed by atoms with Crippen LogP contribution in [0.1, 0.15) is 17.4 Å². The van der Waals surface area contributed by atoms with E-state index in [0.717, 1.165) is 10.0 Å². The van der Waals surface area contributed by atoms with Crippen LogP contribution in [0.25, 0.3) is 0 Å². The molecule has 3 nitrogen and oxygen atoms in total.